The number of aromatic nitrogens is 2. The summed E-state index contributed by atoms with van der Waals surface area (Å²) in [5.41, 5.74) is 3.34. The van der Waals surface area contributed by atoms with Crippen LogP contribution in [0.4, 0.5) is 0 Å². The smallest absolute Gasteiger partial charge is 0.331 e. The first-order valence-electron chi connectivity index (χ1n) is 6.95. The molecule has 0 atom stereocenters. The lowest BCUT2D eigenvalue weighted by Gasteiger charge is -2.12. The summed E-state index contributed by atoms with van der Waals surface area (Å²) in [4.78, 5) is 36.5. The van der Waals surface area contributed by atoms with Crippen LogP contribution in [0.1, 0.15) is 15.9 Å². The van der Waals surface area contributed by atoms with Gasteiger partial charge in [0.15, 0.2) is 17.1 Å². The summed E-state index contributed by atoms with van der Waals surface area (Å²) < 4.78 is 11.2. The SMILES string of the molecule is COc1ccc(CCn2c(O)c(C(N)=O)c(=O)[nH]c2=O)cc1OC. The molecule has 1 aromatic heterocycles. The van der Waals surface area contributed by atoms with Crippen molar-refractivity contribution in [2.45, 2.75) is 13.0 Å². The van der Waals surface area contributed by atoms with Crippen LogP contribution in [-0.4, -0.2) is 34.8 Å². The molecule has 0 fully saturated rings. The molecule has 0 aliphatic rings. The zero-order chi connectivity index (χ0) is 17.9. The van der Waals surface area contributed by atoms with Gasteiger partial charge in [0.2, 0.25) is 5.88 Å². The molecule has 128 valence electrons. The van der Waals surface area contributed by atoms with Crippen LogP contribution in [0, 0.1) is 0 Å². The summed E-state index contributed by atoms with van der Waals surface area (Å²) in [7, 11) is 3.01. The third-order valence-electron chi connectivity index (χ3n) is 3.49. The van der Waals surface area contributed by atoms with Crippen molar-refractivity contribution in [3.63, 3.8) is 0 Å². The second kappa shape index (κ2) is 6.90. The largest absolute Gasteiger partial charge is 0.494 e. The second-order valence-corrected chi connectivity index (χ2v) is 4.91. The third kappa shape index (κ3) is 3.24. The number of methoxy groups -OCH3 is 2. The minimum Gasteiger partial charge on any atom is -0.494 e. The minimum atomic E-state index is -1.12. The number of carbonyl (C=O) groups is 1. The van der Waals surface area contributed by atoms with Crippen molar-refractivity contribution in [3.05, 3.63) is 50.2 Å². The monoisotopic (exact) mass is 335 g/mol. The van der Waals surface area contributed by atoms with E-state index in [0.29, 0.717) is 17.9 Å². The number of amides is 1. The highest BCUT2D eigenvalue weighted by Crippen LogP contribution is 2.27. The van der Waals surface area contributed by atoms with Gasteiger partial charge < -0.3 is 20.3 Å². The highest BCUT2D eigenvalue weighted by Gasteiger charge is 2.18. The Kier molecular flexibility index (Phi) is 4.93. The van der Waals surface area contributed by atoms with E-state index in [0.717, 1.165) is 10.1 Å². The van der Waals surface area contributed by atoms with Crippen molar-refractivity contribution < 1.29 is 19.4 Å². The van der Waals surface area contributed by atoms with Crippen LogP contribution in [0.25, 0.3) is 0 Å². The molecule has 0 spiro atoms. The molecular formula is C15H17N3O6. The first kappa shape index (κ1) is 17.1. The van der Waals surface area contributed by atoms with Gasteiger partial charge in [-0.25, -0.2) is 4.79 Å². The molecule has 24 heavy (non-hydrogen) atoms. The van der Waals surface area contributed by atoms with E-state index in [2.05, 4.69) is 0 Å². The van der Waals surface area contributed by atoms with Crippen LogP contribution in [-0.2, 0) is 13.0 Å². The molecule has 0 aliphatic carbocycles. The molecule has 1 aromatic carbocycles. The Morgan fingerprint density at radius 2 is 1.92 bits per heavy atom. The number of H-pyrrole nitrogens is 1. The zero-order valence-corrected chi connectivity index (χ0v) is 13.2. The van der Waals surface area contributed by atoms with Crippen LogP contribution >= 0.6 is 0 Å². The summed E-state index contributed by atoms with van der Waals surface area (Å²) >= 11 is 0. The summed E-state index contributed by atoms with van der Waals surface area (Å²) in [5.74, 6) is -0.794. The van der Waals surface area contributed by atoms with Crippen molar-refractivity contribution in [3.8, 4) is 17.4 Å². The second-order valence-electron chi connectivity index (χ2n) is 4.91. The Morgan fingerprint density at radius 3 is 2.50 bits per heavy atom. The van der Waals surface area contributed by atoms with Crippen LogP contribution in [0.2, 0.25) is 0 Å². The standard InChI is InChI=1S/C15H17N3O6/c1-23-9-4-3-8(7-10(9)24-2)5-6-18-14(21)11(12(16)19)13(20)17-15(18)22/h3-4,7,21H,5-6H2,1-2H3,(H2,16,19)(H,17,20,22). The van der Waals surface area contributed by atoms with Crippen molar-refractivity contribution in [2.24, 2.45) is 5.73 Å². The Bertz CT molecular complexity index is 884. The van der Waals surface area contributed by atoms with Gasteiger partial charge in [0.25, 0.3) is 11.5 Å². The quantitative estimate of drug-likeness (QED) is 0.657. The van der Waals surface area contributed by atoms with E-state index < -0.39 is 28.6 Å². The molecular weight excluding hydrogens is 318 g/mol. The van der Waals surface area contributed by atoms with Gasteiger partial charge in [0.05, 0.1) is 14.2 Å². The predicted octanol–water partition coefficient (Wildman–Crippen LogP) is -0.399. The van der Waals surface area contributed by atoms with E-state index in [9.17, 15) is 19.5 Å². The van der Waals surface area contributed by atoms with Crippen LogP contribution in [0.3, 0.4) is 0 Å². The van der Waals surface area contributed by atoms with E-state index in [1.807, 2.05) is 4.98 Å². The number of rotatable bonds is 6. The number of nitrogens with one attached hydrogen (secondary N) is 1. The molecule has 0 aliphatic heterocycles. The average molecular weight is 335 g/mol. The number of hydrogen-bond donors (Lipinski definition) is 3. The van der Waals surface area contributed by atoms with Crippen LogP contribution < -0.4 is 26.5 Å². The maximum absolute atomic E-state index is 11.8. The van der Waals surface area contributed by atoms with Gasteiger partial charge in [-0.1, -0.05) is 6.07 Å². The fourth-order valence-corrected chi connectivity index (χ4v) is 2.27. The Hall–Kier alpha value is -3.23. The number of hydrogen-bond acceptors (Lipinski definition) is 6. The highest BCUT2D eigenvalue weighted by molar-refractivity contribution is 5.94. The minimum absolute atomic E-state index is 0.0250. The summed E-state index contributed by atoms with van der Waals surface area (Å²) in [6.45, 7) is 0.0250. The summed E-state index contributed by atoms with van der Waals surface area (Å²) in [6.07, 6.45) is 0.331. The van der Waals surface area contributed by atoms with E-state index in [-0.39, 0.29) is 6.54 Å². The van der Waals surface area contributed by atoms with Gasteiger partial charge in [-0.05, 0) is 24.1 Å². The fourth-order valence-electron chi connectivity index (χ4n) is 2.27. The van der Waals surface area contributed by atoms with Crippen LogP contribution in [0.15, 0.2) is 27.8 Å². The maximum atomic E-state index is 11.8. The number of ether oxygens (including phenoxy) is 2. The van der Waals surface area contributed by atoms with Gasteiger partial charge in [0.1, 0.15) is 0 Å². The molecule has 9 nitrogen and oxygen atoms in total. The fraction of sp³-hybridized carbons (Fsp3) is 0.267. The molecule has 2 rings (SSSR count). The predicted molar refractivity (Wildman–Crippen MR) is 84.8 cm³/mol. The lowest BCUT2D eigenvalue weighted by atomic mass is 10.1. The number of primary amides is 1. The van der Waals surface area contributed by atoms with Gasteiger partial charge >= 0.3 is 5.69 Å². The van der Waals surface area contributed by atoms with Crippen molar-refractivity contribution >= 4 is 5.91 Å². The van der Waals surface area contributed by atoms with Gasteiger partial charge in [-0.2, -0.15) is 0 Å². The van der Waals surface area contributed by atoms with Gasteiger partial charge in [-0.3, -0.25) is 19.1 Å². The normalized spacial score (nSPS) is 10.4. The van der Waals surface area contributed by atoms with Crippen LogP contribution in [0.5, 0.6) is 17.4 Å². The van der Waals surface area contributed by atoms with Crippen molar-refractivity contribution in [1.82, 2.24) is 9.55 Å². The number of aromatic amines is 1. The molecule has 0 bridgehead atoms. The number of nitrogens with zero attached hydrogens (tertiary/aromatic N) is 1. The molecule has 1 amide bonds. The van der Waals surface area contributed by atoms with Crippen molar-refractivity contribution in [2.75, 3.05) is 14.2 Å². The lowest BCUT2D eigenvalue weighted by Crippen LogP contribution is -2.35. The number of aryl methyl sites for hydroxylation is 1. The first-order valence-corrected chi connectivity index (χ1v) is 6.95. The first-order chi connectivity index (χ1) is 11.4. The van der Waals surface area contributed by atoms with Gasteiger partial charge in [-0.15, -0.1) is 0 Å². The molecule has 0 saturated carbocycles. The highest BCUT2D eigenvalue weighted by atomic mass is 16.5. The third-order valence-corrected chi connectivity index (χ3v) is 3.49. The summed E-state index contributed by atoms with van der Waals surface area (Å²) in [5, 5.41) is 9.98. The Labute approximate surface area is 136 Å². The zero-order valence-electron chi connectivity index (χ0n) is 13.2. The Balaban J connectivity index is 2.33. The molecule has 0 saturated heterocycles. The average Bonchev–Trinajstić information content (AvgIpc) is 2.53. The van der Waals surface area contributed by atoms with E-state index in [4.69, 9.17) is 15.2 Å². The lowest BCUT2D eigenvalue weighted by molar-refractivity contribution is 0.0994. The molecule has 2 aromatic rings. The van der Waals surface area contributed by atoms with E-state index in [1.165, 1.54) is 14.2 Å². The number of carbonyl (C=O) groups excluding carboxylic acids is 1. The van der Waals surface area contributed by atoms with E-state index in [1.54, 1.807) is 18.2 Å². The number of benzene rings is 1. The molecule has 0 unspecified atom stereocenters. The molecule has 0 radical (unpaired) electrons. The van der Waals surface area contributed by atoms with E-state index >= 15 is 0 Å². The topological polar surface area (TPSA) is 137 Å². The molecule has 1 heterocycles. The Morgan fingerprint density at radius 1 is 1.25 bits per heavy atom. The number of aromatic hydroxyl groups is 1. The maximum Gasteiger partial charge on any atom is 0.331 e. The van der Waals surface area contributed by atoms with Gasteiger partial charge in [0, 0.05) is 6.54 Å². The van der Waals surface area contributed by atoms with Crippen molar-refractivity contribution in [1.29, 1.82) is 0 Å². The number of nitrogens with two attached hydrogens (primary N) is 1. The molecule has 4 N–H and O–H groups in total. The summed E-state index contributed by atoms with van der Waals surface area (Å²) in [6, 6.07) is 5.20. The molecule has 9 heteroatoms.